The number of benzene rings is 2. The smallest absolute Gasteiger partial charge is 0.264 e. The number of nitrogens with zero attached hydrogens (tertiary/aromatic N) is 2. The van der Waals surface area contributed by atoms with Crippen molar-refractivity contribution in [3.05, 3.63) is 59.2 Å². The molecule has 0 radical (unpaired) electrons. The molecule has 1 fully saturated rings. The van der Waals surface area contributed by atoms with Gasteiger partial charge in [0.1, 0.15) is 0 Å². The van der Waals surface area contributed by atoms with Gasteiger partial charge in [0.15, 0.2) is 0 Å². The van der Waals surface area contributed by atoms with Gasteiger partial charge >= 0.3 is 0 Å². The van der Waals surface area contributed by atoms with E-state index in [-0.39, 0.29) is 12.0 Å². The van der Waals surface area contributed by atoms with Crippen LogP contribution in [0.3, 0.4) is 0 Å². The summed E-state index contributed by atoms with van der Waals surface area (Å²) in [5.74, 6) is 0.244. The van der Waals surface area contributed by atoms with Crippen LogP contribution in [0.1, 0.15) is 36.0 Å². The number of hydrogen-bond acceptors (Lipinski definition) is 3. The summed E-state index contributed by atoms with van der Waals surface area (Å²) < 4.78 is 28.8. The fourth-order valence-corrected chi connectivity index (χ4v) is 6.10. The largest absolute Gasteiger partial charge is 0.306 e. The monoisotopic (exact) mass is 370 g/mol. The van der Waals surface area contributed by atoms with Crippen LogP contribution in [0.15, 0.2) is 47.4 Å². The Morgan fingerprint density at radius 2 is 1.85 bits per heavy atom. The van der Waals surface area contributed by atoms with Gasteiger partial charge in [0.05, 0.1) is 16.6 Å². The zero-order valence-electron chi connectivity index (χ0n) is 15.6. The molecular formula is C21H26N2O2S. The molecule has 2 aliphatic heterocycles. The highest BCUT2D eigenvalue weighted by molar-refractivity contribution is 7.92. The van der Waals surface area contributed by atoms with E-state index in [0.717, 1.165) is 37.2 Å². The van der Waals surface area contributed by atoms with E-state index >= 15 is 0 Å². The number of likely N-dealkylation sites (tertiary alicyclic amines) is 1. The highest BCUT2D eigenvalue weighted by atomic mass is 32.2. The molecule has 0 N–H and O–H groups in total. The van der Waals surface area contributed by atoms with Crippen LogP contribution < -0.4 is 4.31 Å². The summed E-state index contributed by atoms with van der Waals surface area (Å²) in [6, 6.07) is 13.5. The zero-order chi connectivity index (χ0) is 18.5. The van der Waals surface area contributed by atoms with Gasteiger partial charge in [0, 0.05) is 12.5 Å². The number of piperidine rings is 1. The highest BCUT2D eigenvalue weighted by Crippen LogP contribution is 2.47. The number of rotatable bonds is 3. The zero-order valence-corrected chi connectivity index (χ0v) is 16.5. The van der Waals surface area contributed by atoms with Crippen LogP contribution in [0.4, 0.5) is 5.69 Å². The predicted octanol–water partition coefficient (Wildman–Crippen LogP) is 3.55. The molecule has 2 aromatic carbocycles. The Kier molecular flexibility index (Phi) is 4.32. The van der Waals surface area contributed by atoms with Gasteiger partial charge in [0.25, 0.3) is 10.0 Å². The summed E-state index contributed by atoms with van der Waals surface area (Å²) in [5, 5.41) is 0. The van der Waals surface area contributed by atoms with Crippen molar-refractivity contribution in [3.8, 4) is 0 Å². The summed E-state index contributed by atoms with van der Waals surface area (Å²) in [6.07, 6.45) is 1.77. The van der Waals surface area contributed by atoms with E-state index in [0.29, 0.717) is 4.90 Å². The fraction of sp³-hybridized carbons (Fsp3) is 0.429. The van der Waals surface area contributed by atoms with Crippen LogP contribution in [-0.4, -0.2) is 39.5 Å². The molecule has 2 heterocycles. The average molecular weight is 371 g/mol. The molecule has 0 aromatic heterocycles. The predicted molar refractivity (Wildman–Crippen MR) is 105 cm³/mol. The molecule has 2 aliphatic rings. The van der Waals surface area contributed by atoms with Gasteiger partial charge in [-0.15, -0.1) is 0 Å². The molecule has 0 spiro atoms. The molecule has 26 heavy (non-hydrogen) atoms. The first-order valence-electron chi connectivity index (χ1n) is 9.34. The van der Waals surface area contributed by atoms with Gasteiger partial charge in [-0.05, 0) is 62.7 Å². The molecule has 5 heteroatoms. The Labute approximate surface area is 156 Å². The molecule has 2 atom stereocenters. The first-order valence-corrected chi connectivity index (χ1v) is 10.8. The topological polar surface area (TPSA) is 40.6 Å². The lowest BCUT2D eigenvalue weighted by atomic mass is 9.89. The van der Waals surface area contributed by atoms with Crippen molar-refractivity contribution < 1.29 is 8.42 Å². The minimum Gasteiger partial charge on any atom is -0.306 e. The van der Waals surface area contributed by atoms with Crippen molar-refractivity contribution >= 4 is 15.7 Å². The Hall–Kier alpha value is -1.85. The molecule has 4 nitrogen and oxygen atoms in total. The Morgan fingerprint density at radius 3 is 2.54 bits per heavy atom. The van der Waals surface area contributed by atoms with E-state index < -0.39 is 10.0 Å². The lowest BCUT2D eigenvalue weighted by molar-refractivity contribution is 0.237. The number of aryl methyl sites for hydroxylation is 2. The van der Waals surface area contributed by atoms with Crippen LogP contribution in [0, 0.1) is 6.92 Å². The van der Waals surface area contributed by atoms with Crippen LogP contribution >= 0.6 is 0 Å². The van der Waals surface area contributed by atoms with Gasteiger partial charge in [0.2, 0.25) is 0 Å². The Balaban J connectivity index is 1.82. The first-order chi connectivity index (χ1) is 12.4. The van der Waals surface area contributed by atoms with Crippen molar-refractivity contribution in [1.29, 1.82) is 0 Å². The quantitative estimate of drug-likeness (QED) is 0.830. The Morgan fingerprint density at radius 1 is 1.12 bits per heavy atom. The van der Waals surface area contributed by atoms with E-state index in [1.807, 2.05) is 24.3 Å². The van der Waals surface area contributed by atoms with Crippen LogP contribution in [0.5, 0.6) is 0 Å². The number of fused-ring (bicyclic) bond motifs is 3. The number of sulfonamides is 1. The summed E-state index contributed by atoms with van der Waals surface area (Å²) >= 11 is 0. The summed E-state index contributed by atoms with van der Waals surface area (Å²) in [7, 11) is -1.45. The number of likely N-dealkylation sites (N-methyl/N-ethyl adjacent to an activating group) is 1. The van der Waals surface area contributed by atoms with Gasteiger partial charge in [-0.2, -0.15) is 0 Å². The lowest BCUT2D eigenvalue weighted by Gasteiger charge is -2.36. The van der Waals surface area contributed by atoms with Gasteiger partial charge in [-0.1, -0.05) is 36.8 Å². The molecule has 4 rings (SSSR count). The van der Waals surface area contributed by atoms with Crippen molar-refractivity contribution in [2.75, 3.05) is 24.4 Å². The summed E-state index contributed by atoms with van der Waals surface area (Å²) in [4.78, 5) is 2.69. The van der Waals surface area contributed by atoms with Gasteiger partial charge < -0.3 is 4.90 Å². The molecule has 0 amide bonds. The second-order valence-electron chi connectivity index (χ2n) is 7.59. The Bertz CT molecular complexity index is 922. The molecule has 1 saturated heterocycles. The third-order valence-corrected chi connectivity index (χ3v) is 7.64. The average Bonchev–Trinajstić information content (AvgIpc) is 2.95. The molecular weight excluding hydrogens is 344 g/mol. The second kappa shape index (κ2) is 6.39. The maximum absolute atomic E-state index is 13.5. The minimum absolute atomic E-state index is 0.0128. The van der Waals surface area contributed by atoms with Gasteiger partial charge in [-0.3, -0.25) is 4.31 Å². The van der Waals surface area contributed by atoms with E-state index in [1.165, 1.54) is 11.1 Å². The third-order valence-electron chi connectivity index (χ3n) is 5.79. The van der Waals surface area contributed by atoms with E-state index in [1.54, 1.807) is 16.4 Å². The third kappa shape index (κ3) is 2.74. The lowest BCUT2D eigenvalue weighted by Crippen LogP contribution is -2.47. The van der Waals surface area contributed by atoms with Crippen LogP contribution in [-0.2, 0) is 16.4 Å². The molecule has 0 aliphatic carbocycles. The SMILES string of the molecule is CCc1ccc(S(=O)(=O)N2c3ccc(C)cc3C3CN(C)CCC32)cc1. The summed E-state index contributed by atoms with van der Waals surface area (Å²) in [6.45, 7) is 5.98. The maximum Gasteiger partial charge on any atom is 0.264 e. The number of hydrogen-bond donors (Lipinski definition) is 0. The van der Waals surface area contributed by atoms with Gasteiger partial charge in [-0.25, -0.2) is 8.42 Å². The van der Waals surface area contributed by atoms with Crippen molar-refractivity contribution in [2.24, 2.45) is 0 Å². The normalized spacial score (nSPS) is 23.0. The highest BCUT2D eigenvalue weighted by Gasteiger charge is 2.46. The van der Waals surface area contributed by atoms with Crippen molar-refractivity contribution in [3.63, 3.8) is 0 Å². The standard InChI is InChI=1S/C21H26N2O2S/c1-4-16-6-8-17(9-7-16)26(24,25)23-20-10-5-15(2)13-18(20)19-14-22(3)12-11-21(19)23/h5-10,13,19,21H,4,11-12,14H2,1-3H3. The molecule has 0 saturated carbocycles. The molecule has 2 unspecified atom stereocenters. The van der Waals surface area contributed by atoms with Crippen LogP contribution in [0.25, 0.3) is 0 Å². The van der Waals surface area contributed by atoms with Crippen molar-refractivity contribution in [1.82, 2.24) is 4.90 Å². The van der Waals surface area contributed by atoms with E-state index in [2.05, 4.69) is 31.9 Å². The number of anilines is 1. The fourth-order valence-electron chi connectivity index (χ4n) is 4.36. The summed E-state index contributed by atoms with van der Waals surface area (Å²) in [5.41, 5.74) is 4.37. The molecule has 2 aromatic rings. The van der Waals surface area contributed by atoms with E-state index in [9.17, 15) is 8.42 Å². The van der Waals surface area contributed by atoms with E-state index in [4.69, 9.17) is 0 Å². The van der Waals surface area contributed by atoms with Crippen LogP contribution in [0.2, 0.25) is 0 Å². The van der Waals surface area contributed by atoms with Crippen molar-refractivity contribution in [2.45, 2.75) is 43.5 Å². The molecule has 138 valence electrons. The maximum atomic E-state index is 13.5. The minimum atomic E-state index is -3.56. The molecule has 0 bridgehead atoms. The second-order valence-corrected chi connectivity index (χ2v) is 9.40. The first kappa shape index (κ1) is 17.6.